The van der Waals surface area contributed by atoms with E-state index in [1.807, 2.05) is 6.07 Å². The minimum atomic E-state index is 0.589. The molecule has 1 aromatic heterocycles. The highest BCUT2D eigenvalue weighted by Gasteiger charge is 2.23. The molecule has 0 aliphatic heterocycles. The second kappa shape index (κ2) is 4.51. The van der Waals surface area contributed by atoms with Crippen molar-refractivity contribution in [3.8, 4) is 0 Å². The maximum atomic E-state index is 4.17. The molecule has 0 spiro atoms. The predicted molar refractivity (Wildman–Crippen MR) is 55.7 cm³/mol. The zero-order valence-electron chi connectivity index (χ0n) is 8.61. The van der Waals surface area contributed by atoms with E-state index in [0.717, 1.165) is 18.3 Å². The number of hydrogen-bond acceptors (Lipinski definition) is 3. The Morgan fingerprint density at radius 3 is 2.79 bits per heavy atom. The molecule has 1 heterocycles. The molecule has 0 bridgehead atoms. The Bertz CT molecular complexity index is 269. The molecule has 0 radical (unpaired) electrons. The van der Waals surface area contributed by atoms with Crippen LogP contribution in [0, 0.1) is 5.92 Å². The Kier molecular flexibility index (Phi) is 3.09. The zero-order valence-corrected chi connectivity index (χ0v) is 8.61. The third-order valence-corrected chi connectivity index (χ3v) is 2.61. The van der Waals surface area contributed by atoms with Gasteiger partial charge in [0.05, 0.1) is 6.54 Å². The Hall–Kier alpha value is -0.960. The van der Waals surface area contributed by atoms with Gasteiger partial charge in [0.25, 0.3) is 0 Å². The van der Waals surface area contributed by atoms with Crippen LogP contribution in [0.15, 0.2) is 18.5 Å². The van der Waals surface area contributed by atoms with Crippen molar-refractivity contribution in [3.05, 3.63) is 24.3 Å². The first kappa shape index (κ1) is 9.59. The van der Waals surface area contributed by atoms with E-state index in [1.54, 1.807) is 12.4 Å². The molecule has 14 heavy (non-hydrogen) atoms. The van der Waals surface area contributed by atoms with E-state index in [2.05, 4.69) is 22.2 Å². The average molecular weight is 191 g/mol. The van der Waals surface area contributed by atoms with Crippen LogP contribution in [0.25, 0.3) is 0 Å². The number of aromatic nitrogens is 2. The van der Waals surface area contributed by atoms with Gasteiger partial charge in [-0.15, -0.1) is 0 Å². The Labute approximate surface area is 85.0 Å². The zero-order chi connectivity index (χ0) is 9.80. The second-order valence-corrected chi connectivity index (χ2v) is 4.13. The van der Waals surface area contributed by atoms with Gasteiger partial charge in [-0.25, -0.2) is 9.97 Å². The van der Waals surface area contributed by atoms with Crippen LogP contribution in [-0.4, -0.2) is 16.0 Å². The third kappa shape index (κ3) is 3.07. The largest absolute Gasteiger partial charge is 0.307 e. The molecular formula is C11H17N3. The summed E-state index contributed by atoms with van der Waals surface area (Å²) in [4.78, 5) is 8.34. The van der Waals surface area contributed by atoms with Crippen LogP contribution in [0.5, 0.6) is 0 Å². The Morgan fingerprint density at radius 2 is 2.14 bits per heavy atom. The van der Waals surface area contributed by atoms with Gasteiger partial charge >= 0.3 is 0 Å². The van der Waals surface area contributed by atoms with Crippen LogP contribution in [0.2, 0.25) is 0 Å². The van der Waals surface area contributed by atoms with Crippen molar-refractivity contribution in [2.24, 2.45) is 5.92 Å². The molecule has 1 aliphatic rings. The van der Waals surface area contributed by atoms with Crippen molar-refractivity contribution in [2.45, 2.75) is 38.8 Å². The van der Waals surface area contributed by atoms with Crippen LogP contribution in [0.1, 0.15) is 32.0 Å². The molecule has 1 unspecified atom stereocenters. The molecule has 1 aliphatic carbocycles. The van der Waals surface area contributed by atoms with Gasteiger partial charge in [-0.2, -0.15) is 0 Å². The number of rotatable bonds is 5. The summed E-state index contributed by atoms with van der Waals surface area (Å²) in [5, 5.41) is 3.45. The molecular weight excluding hydrogens is 174 g/mol. The van der Waals surface area contributed by atoms with E-state index in [4.69, 9.17) is 0 Å². The standard InChI is InChI=1S/C11H17N3/c1-9(7-10-3-4-10)14-8-11-12-5-2-6-13-11/h2,5-6,9-10,14H,3-4,7-8H2,1H3. The SMILES string of the molecule is CC(CC1CC1)NCc1ncccn1. The van der Waals surface area contributed by atoms with E-state index in [9.17, 15) is 0 Å². The Balaban J connectivity index is 1.70. The molecule has 0 saturated heterocycles. The summed E-state index contributed by atoms with van der Waals surface area (Å²) in [6.07, 6.45) is 7.72. The number of nitrogens with one attached hydrogen (secondary N) is 1. The van der Waals surface area contributed by atoms with Gasteiger partial charge in [0, 0.05) is 18.4 Å². The smallest absolute Gasteiger partial charge is 0.141 e. The van der Waals surface area contributed by atoms with Crippen LogP contribution in [0.3, 0.4) is 0 Å². The summed E-state index contributed by atoms with van der Waals surface area (Å²) >= 11 is 0. The molecule has 1 aromatic rings. The van der Waals surface area contributed by atoms with E-state index in [-0.39, 0.29) is 0 Å². The van der Waals surface area contributed by atoms with Gasteiger partial charge in [0.2, 0.25) is 0 Å². The molecule has 1 fully saturated rings. The fourth-order valence-electron chi connectivity index (χ4n) is 1.62. The van der Waals surface area contributed by atoms with E-state index < -0.39 is 0 Å². The average Bonchev–Trinajstić information content (AvgIpc) is 3.00. The highest BCUT2D eigenvalue weighted by Crippen LogP contribution is 2.33. The summed E-state index contributed by atoms with van der Waals surface area (Å²) in [6, 6.07) is 2.43. The quantitative estimate of drug-likeness (QED) is 0.770. The third-order valence-electron chi connectivity index (χ3n) is 2.61. The van der Waals surface area contributed by atoms with Gasteiger partial charge in [-0.1, -0.05) is 12.8 Å². The van der Waals surface area contributed by atoms with Gasteiger partial charge < -0.3 is 5.32 Å². The minimum Gasteiger partial charge on any atom is -0.307 e. The van der Waals surface area contributed by atoms with E-state index >= 15 is 0 Å². The highest BCUT2D eigenvalue weighted by molar-refractivity contribution is 4.88. The van der Waals surface area contributed by atoms with Gasteiger partial charge in [0.15, 0.2) is 0 Å². The molecule has 1 atom stereocenters. The number of hydrogen-bond donors (Lipinski definition) is 1. The summed E-state index contributed by atoms with van der Waals surface area (Å²) in [7, 11) is 0. The van der Waals surface area contributed by atoms with Crippen molar-refractivity contribution in [3.63, 3.8) is 0 Å². The van der Waals surface area contributed by atoms with Gasteiger partial charge in [-0.05, 0) is 25.3 Å². The van der Waals surface area contributed by atoms with Crippen molar-refractivity contribution in [2.75, 3.05) is 0 Å². The molecule has 2 rings (SSSR count). The Morgan fingerprint density at radius 1 is 1.43 bits per heavy atom. The van der Waals surface area contributed by atoms with Crippen LogP contribution >= 0.6 is 0 Å². The fraction of sp³-hybridized carbons (Fsp3) is 0.636. The maximum absolute atomic E-state index is 4.17. The van der Waals surface area contributed by atoms with Crippen LogP contribution in [-0.2, 0) is 6.54 Å². The van der Waals surface area contributed by atoms with E-state index in [1.165, 1.54) is 19.3 Å². The summed E-state index contributed by atoms with van der Waals surface area (Å²) < 4.78 is 0. The second-order valence-electron chi connectivity index (χ2n) is 4.13. The molecule has 76 valence electrons. The normalized spacial score (nSPS) is 18.1. The van der Waals surface area contributed by atoms with Crippen LogP contribution in [0.4, 0.5) is 0 Å². The maximum Gasteiger partial charge on any atom is 0.141 e. The van der Waals surface area contributed by atoms with Crippen LogP contribution < -0.4 is 5.32 Å². The van der Waals surface area contributed by atoms with Gasteiger partial charge in [0.1, 0.15) is 5.82 Å². The van der Waals surface area contributed by atoms with Gasteiger partial charge in [-0.3, -0.25) is 0 Å². The lowest BCUT2D eigenvalue weighted by atomic mass is 10.1. The lowest BCUT2D eigenvalue weighted by Crippen LogP contribution is -2.26. The summed E-state index contributed by atoms with van der Waals surface area (Å²) in [6.45, 7) is 3.02. The molecule has 0 aromatic carbocycles. The van der Waals surface area contributed by atoms with Crippen molar-refractivity contribution in [1.29, 1.82) is 0 Å². The van der Waals surface area contributed by atoms with Crippen molar-refractivity contribution >= 4 is 0 Å². The number of nitrogens with zero attached hydrogens (tertiary/aromatic N) is 2. The molecule has 0 amide bonds. The molecule has 3 heteroatoms. The highest BCUT2D eigenvalue weighted by atomic mass is 15.0. The summed E-state index contributed by atoms with van der Waals surface area (Å²) in [5.41, 5.74) is 0. The summed E-state index contributed by atoms with van der Waals surface area (Å²) in [5.74, 6) is 1.87. The molecule has 3 nitrogen and oxygen atoms in total. The topological polar surface area (TPSA) is 37.8 Å². The van der Waals surface area contributed by atoms with Crippen molar-refractivity contribution < 1.29 is 0 Å². The first-order chi connectivity index (χ1) is 6.84. The monoisotopic (exact) mass is 191 g/mol. The van der Waals surface area contributed by atoms with Crippen molar-refractivity contribution in [1.82, 2.24) is 15.3 Å². The molecule has 1 N–H and O–H groups in total. The fourth-order valence-corrected chi connectivity index (χ4v) is 1.62. The lowest BCUT2D eigenvalue weighted by Gasteiger charge is -2.11. The first-order valence-electron chi connectivity index (χ1n) is 5.34. The predicted octanol–water partition coefficient (Wildman–Crippen LogP) is 1.75. The lowest BCUT2D eigenvalue weighted by molar-refractivity contribution is 0.480. The minimum absolute atomic E-state index is 0.589. The van der Waals surface area contributed by atoms with E-state index in [0.29, 0.717) is 6.04 Å². The molecule has 1 saturated carbocycles. The first-order valence-corrected chi connectivity index (χ1v) is 5.34.